The summed E-state index contributed by atoms with van der Waals surface area (Å²) in [7, 11) is 1.81. The molecule has 3 rings (SSSR count). The Hall–Kier alpha value is -0.160. The summed E-state index contributed by atoms with van der Waals surface area (Å²) < 4.78 is 11.4. The molecule has 4 heteroatoms. The highest BCUT2D eigenvalue weighted by atomic mass is 16.5. The fourth-order valence-electron chi connectivity index (χ4n) is 5.02. The number of fused-ring (bicyclic) bond motifs is 1. The number of hydrogen-bond donors (Lipinski definition) is 1. The van der Waals surface area contributed by atoms with Crippen molar-refractivity contribution in [1.82, 2.24) is 4.90 Å². The Kier molecular flexibility index (Phi) is 4.34. The van der Waals surface area contributed by atoms with Crippen LogP contribution in [0, 0.1) is 17.3 Å². The largest absolute Gasteiger partial charge is 0.384 e. The summed E-state index contributed by atoms with van der Waals surface area (Å²) >= 11 is 0. The Bertz CT molecular complexity index is 372. The number of methoxy groups -OCH3 is 1. The number of piperidine rings is 1. The topological polar surface area (TPSA) is 47.7 Å². The van der Waals surface area contributed by atoms with Gasteiger partial charge in [0, 0.05) is 43.7 Å². The maximum Gasteiger partial charge on any atom is 0.0690 e. The Morgan fingerprint density at radius 1 is 1.29 bits per heavy atom. The molecule has 2 N–H and O–H groups in total. The van der Waals surface area contributed by atoms with Crippen LogP contribution in [0.4, 0.5) is 0 Å². The van der Waals surface area contributed by atoms with E-state index in [-0.39, 0.29) is 11.0 Å². The minimum Gasteiger partial charge on any atom is -0.384 e. The smallest absolute Gasteiger partial charge is 0.0690 e. The van der Waals surface area contributed by atoms with Crippen molar-refractivity contribution in [3.8, 4) is 0 Å². The third-order valence-electron chi connectivity index (χ3n) is 6.39. The molecule has 2 heterocycles. The molecular weight excluding hydrogens is 264 g/mol. The van der Waals surface area contributed by atoms with Crippen LogP contribution in [0.25, 0.3) is 0 Å². The highest BCUT2D eigenvalue weighted by Crippen LogP contribution is 2.57. The molecule has 0 radical (unpaired) electrons. The molecule has 3 aliphatic rings. The third-order valence-corrected chi connectivity index (χ3v) is 6.39. The van der Waals surface area contributed by atoms with Crippen molar-refractivity contribution in [2.24, 2.45) is 23.0 Å². The van der Waals surface area contributed by atoms with Gasteiger partial charge in [0.05, 0.1) is 12.7 Å². The van der Waals surface area contributed by atoms with Gasteiger partial charge in [-0.3, -0.25) is 0 Å². The molecule has 1 aliphatic carbocycles. The summed E-state index contributed by atoms with van der Waals surface area (Å²) in [6.45, 7) is 9.75. The highest BCUT2D eigenvalue weighted by Gasteiger charge is 2.66. The van der Waals surface area contributed by atoms with E-state index >= 15 is 0 Å². The normalized spacial score (nSPS) is 43.1. The molecule has 0 aromatic heterocycles. The van der Waals surface area contributed by atoms with Gasteiger partial charge < -0.3 is 20.1 Å². The van der Waals surface area contributed by atoms with Crippen LogP contribution in [0.2, 0.25) is 0 Å². The maximum absolute atomic E-state index is 6.93. The van der Waals surface area contributed by atoms with E-state index in [0.717, 1.165) is 26.3 Å². The average molecular weight is 296 g/mol. The molecule has 2 aliphatic heterocycles. The van der Waals surface area contributed by atoms with Gasteiger partial charge in [0.25, 0.3) is 0 Å². The standard InChI is InChI=1S/C17H32N2O2/c1-16(2)15-14(7-5-9-21-15)17(16,18)12-19-8-4-6-13(10-19)11-20-3/h13-15H,4-12,18H2,1-3H3. The fourth-order valence-corrected chi connectivity index (χ4v) is 5.02. The van der Waals surface area contributed by atoms with Crippen LogP contribution in [0.3, 0.4) is 0 Å². The SMILES string of the molecule is COCC1CCCN(CC2(N)C3CCCOC3C2(C)C)C1. The summed E-state index contributed by atoms with van der Waals surface area (Å²) in [6, 6.07) is 0. The van der Waals surface area contributed by atoms with Gasteiger partial charge in [-0.25, -0.2) is 0 Å². The first-order valence-electron chi connectivity index (χ1n) is 8.61. The minimum absolute atomic E-state index is 0.0896. The first-order chi connectivity index (χ1) is 9.99. The molecule has 122 valence electrons. The minimum atomic E-state index is -0.0902. The summed E-state index contributed by atoms with van der Waals surface area (Å²) in [5.41, 5.74) is 6.93. The van der Waals surface area contributed by atoms with Crippen LogP contribution >= 0.6 is 0 Å². The Morgan fingerprint density at radius 2 is 2.10 bits per heavy atom. The number of hydrogen-bond acceptors (Lipinski definition) is 4. The first-order valence-corrected chi connectivity index (χ1v) is 8.61. The van der Waals surface area contributed by atoms with Crippen molar-refractivity contribution >= 4 is 0 Å². The van der Waals surface area contributed by atoms with Gasteiger partial charge in [-0.1, -0.05) is 13.8 Å². The number of likely N-dealkylation sites (tertiary alicyclic amines) is 1. The predicted octanol–water partition coefficient (Wildman–Crippen LogP) is 1.88. The molecule has 0 spiro atoms. The molecule has 1 saturated carbocycles. The van der Waals surface area contributed by atoms with Gasteiger partial charge >= 0.3 is 0 Å². The lowest BCUT2D eigenvalue weighted by atomic mass is 9.46. The lowest BCUT2D eigenvalue weighted by Crippen LogP contribution is -2.80. The van der Waals surface area contributed by atoms with E-state index in [1.807, 2.05) is 7.11 Å². The van der Waals surface area contributed by atoms with Crippen LogP contribution in [-0.4, -0.2) is 56.5 Å². The van der Waals surface area contributed by atoms with Crippen molar-refractivity contribution in [1.29, 1.82) is 0 Å². The number of rotatable bonds is 4. The van der Waals surface area contributed by atoms with Crippen molar-refractivity contribution in [2.75, 3.05) is 40.0 Å². The summed E-state index contributed by atoms with van der Waals surface area (Å²) in [4.78, 5) is 2.58. The van der Waals surface area contributed by atoms with E-state index in [1.165, 1.54) is 32.2 Å². The van der Waals surface area contributed by atoms with Crippen LogP contribution in [0.1, 0.15) is 39.5 Å². The van der Waals surface area contributed by atoms with E-state index in [1.54, 1.807) is 0 Å². The zero-order chi connectivity index (χ0) is 15.1. The Morgan fingerprint density at radius 3 is 2.86 bits per heavy atom. The number of ether oxygens (including phenoxy) is 2. The number of nitrogens with zero attached hydrogens (tertiary/aromatic N) is 1. The van der Waals surface area contributed by atoms with E-state index in [0.29, 0.717) is 17.9 Å². The van der Waals surface area contributed by atoms with Gasteiger partial charge in [0.1, 0.15) is 0 Å². The van der Waals surface area contributed by atoms with Gasteiger partial charge in [-0.2, -0.15) is 0 Å². The van der Waals surface area contributed by atoms with Crippen molar-refractivity contribution in [3.05, 3.63) is 0 Å². The second kappa shape index (κ2) is 5.80. The molecule has 0 aromatic rings. The van der Waals surface area contributed by atoms with Crippen LogP contribution < -0.4 is 5.73 Å². The third kappa shape index (κ3) is 2.54. The van der Waals surface area contributed by atoms with Crippen molar-refractivity contribution < 1.29 is 9.47 Å². The van der Waals surface area contributed by atoms with Gasteiger partial charge in [-0.15, -0.1) is 0 Å². The van der Waals surface area contributed by atoms with E-state index < -0.39 is 0 Å². The van der Waals surface area contributed by atoms with Crippen molar-refractivity contribution in [3.63, 3.8) is 0 Å². The van der Waals surface area contributed by atoms with E-state index in [9.17, 15) is 0 Å². The van der Waals surface area contributed by atoms with E-state index in [2.05, 4.69) is 18.7 Å². The summed E-state index contributed by atoms with van der Waals surface area (Å²) in [6.07, 6.45) is 5.34. The van der Waals surface area contributed by atoms with Gasteiger partial charge in [0.15, 0.2) is 0 Å². The molecule has 0 amide bonds. The van der Waals surface area contributed by atoms with Crippen LogP contribution in [-0.2, 0) is 9.47 Å². The molecule has 0 bridgehead atoms. The van der Waals surface area contributed by atoms with E-state index in [4.69, 9.17) is 15.2 Å². The lowest BCUT2D eigenvalue weighted by Gasteiger charge is -2.67. The lowest BCUT2D eigenvalue weighted by molar-refractivity contribution is -0.233. The number of nitrogens with two attached hydrogens (primary N) is 1. The molecule has 0 aromatic carbocycles. The molecule has 4 unspecified atom stereocenters. The van der Waals surface area contributed by atoms with Crippen LogP contribution in [0.5, 0.6) is 0 Å². The first kappa shape index (κ1) is 15.7. The Balaban J connectivity index is 1.65. The molecule has 4 nitrogen and oxygen atoms in total. The second-order valence-corrected chi connectivity index (χ2v) is 8.00. The Labute approximate surface area is 129 Å². The van der Waals surface area contributed by atoms with Crippen molar-refractivity contribution in [2.45, 2.75) is 51.2 Å². The zero-order valence-electron chi connectivity index (χ0n) is 13.9. The predicted molar refractivity (Wildman–Crippen MR) is 84.2 cm³/mol. The zero-order valence-corrected chi connectivity index (χ0v) is 13.9. The highest BCUT2D eigenvalue weighted by molar-refractivity contribution is 5.21. The monoisotopic (exact) mass is 296 g/mol. The van der Waals surface area contributed by atoms with Crippen LogP contribution in [0.15, 0.2) is 0 Å². The summed E-state index contributed by atoms with van der Waals surface area (Å²) in [5, 5.41) is 0. The maximum atomic E-state index is 6.93. The molecule has 21 heavy (non-hydrogen) atoms. The quantitative estimate of drug-likeness (QED) is 0.860. The molecule has 2 saturated heterocycles. The summed E-state index contributed by atoms with van der Waals surface area (Å²) in [5.74, 6) is 1.22. The molecular formula is C17H32N2O2. The van der Waals surface area contributed by atoms with Gasteiger partial charge in [0.2, 0.25) is 0 Å². The molecule has 3 fully saturated rings. The average Bonchev–Trinajstić information content (AvgIpc) is 2.48. The second-order valence-electron chi connectivity index (χ2n) is 8.00. The fraction of sp³-hybridized carbons (Fsp3) is 1.00. The molecule has 4 atom stereocenters. The van der Waals surface area contributed by atoms with Gasteiger partial charge in [-0.05, 0) is 38.1 Å².